The average Bonchev–Trinajstić information content (AvgIpc) is 2.50. The van der Waals surface area contributed by atoms with Crippen LogP contribution in [0.15, 0.2) is 18.2 Å². The van der Waals surface area contributed by atoms with Gasteiger partial charge in [0, 0.05) is 5.56 Å². The summed E-state index contributed by atoms with van der Waals surface area (Å²) in [5.41, 5.74) is 1.31. The second-order valence-electron chi connectivity index (χ2n) is 2.08. The molecule has 11 heavy (non-hydrogen) atoms. The first kappa shape index (κ1) is 6.42. The van der Waals surface area contributed by atoms with Crippen molar-refractivity contribution in [2.24, 2.45) is 0 Å². The number of hydrogen-bond acceptors (Lipinski definition) is 4. The lowest BCUT2D eigenvalue weighted by atomic mass is 10.2. The van der Waals surface area contributed by atoms with Crippen LogP contribution in [-0.2, 0) is 0 Å². The summed E-state index contributed by atoms with van der Waals surface area (Å²) in [7, 11) is 0. The molecule has 3 nitrogen and oxygen atoms in total. The molecule has 1 aromatic carbocycles. The van der Waals surface area contributed by atoms with E-state index in [0.717, 1.165) is 11.0 Å². The Balaban J connectivity index is 2.88. The van der Waals surface area contributed by atoms with Gasteiger partial charge < -0.3 is 0 Å². The van der Waals surface area contributed by atoms with E-state index in [1.807, 2.05) is 12.1 Å². The number of aromatic nitrogens is 2. The SMILES string of the molecule is O=Cc1cccc2snnc12. The molecule has 0 saturated carbocycles. The lowest BCUT2D eigenvalue weighted by Crippen LogP contribution is -1.80. The predicted octanol–water partition coefficient (Wildman–Crippen LogP) is 1.50. The van der Waals surface area contributed by atoms with Gasteiger partial charge in [-0.2, -0.15) is 0 Å². The fourth-order valence-corrected chi connectivity index (χ4v) is 1.52. The van der Waals surface area contributed by atoms with E-state index in [9.17, 15) is 4.79 Å². The summed E-state index contributed by atoms with van der Waals surface area (Å²) >= 11 is 1.30. The van der Waals surface area contributed by atoms with Crippen molar-refractivity contribution in [3.63, 3.8) is 0 Å². The summed E-state index contributed by atoms with van der Waals surface area (Å²) in [6.07, 6.45) is 0.795. The minimum Gasteiger partial charge on any atom is -0.298 e. The van der Waals surface area contributed by atoms with Gasteiger partial charge in [0.15, 0.2) is 6.29 Å². The predicted molar refractivity (Wildman–Crippen MR) is 42.8 cm³/mol. The maximum absolute atomic E-state index is 10.5. The van der Waals surface area contributed by atoms with Crippen molar-refractivity contribution < 1.29 is 4.79 Å². The van der Waals surface area contributed by atoms with Gasteiger partial charge in [0.2, 0.25) is 0 Å². The molecule has 54 valence electrons. The molecule has 0 unspecified atom stereocenters. The molecule has 2 aromatic rings. The first-order valence-electron chi connectivity index (χ1n) is 3.08. The fraction of sp³-hybridized carbons (Fsp3) is 0. The highest BCUT2D eigenvalue weighted by atomic mass is 32.1. The third kappa shape index (κ3) is 0.914. The van der Waals surface area contributed by atoms with Crippen LogP contribution >= 0.6 is 11.5 Å². The molecular weight excluding hydrogens is 160 g/mol. The number of carbonyl (C=O) groups is 1. The van der Waals surface area contributed by atoms with Crippen LogP contribution in [0.2, 0.25) is 0 Å². The molecule has 1 aromatic heterocycles. The summed E-state index contributed by atoms with van der Waals surface area (Å²) in [5.74, 6) is 0. The smallest absolute Gasteiger partial charge is 0.152 e. The second kappa shape index (κ2) is 2.39. The number of rotatable bonds is 1. The van der Waals surface area contributed by atoms with Gasteiger partial charge >= 0.3 is 0 Å². The molecule has 0 radical (unpaired) electrons. The van der Waals surface area contributed by atoms with Gasteiger partial charge in [0.05, 0.1) is 4.70 Å². The molecule has 2 rings (SSSR count). The maximum Gasteiger partial charge on any atom is 0.152 e. The van der Waals surface area contributed by atoms with Crippen molar-refractivity contribution >= 4 is 28.0 Å². The third-order valence-electron chi connectivity index (χ3n) is 1.44. The van der Waals surface area contributed by atoms with Crippen molar-refractivity contribution in [3.05, 3.63) is 23.8 Å². The molecule has 0 atom stereocenters. The minimum atomic E-state index is 0.608. The highest BCUT2D eigenvalue weighted by molar-refractivity contribution is 7.13. The van der Waals surface area contributed by atoms with Crippen molar-refractivity contribution in [1.82, 2.24) is 9.59 Å². The highest BCUT2D eigenvalue weighted by Gasteiger charge is 2.01. The van der Waals surface area contributed by atoms with Crippen molar-refractivity contribution in [1.29, 1.82) is 0 Å². The van der Waals surface area contributed by atoms with E-state index in [-0.39, 0.29) is 0 Å². The normalized spacial score (nSPS) is 10.2. The number of hydrogen-bond donors (Lipinski definition) is 0. The molecule has 0 amide bonds. The molecule has 0 fully saturated rings. The summed E-state index contributed by atoms with van der Waals surface area (Å²) < 4.78 is 4.70. The summed E-state index contributed by atoms with van der Waals surface area (Å²) in [6.45, 7) is 0. The largest absolute Gasteiger partial charge is 0.298 e. The zero-order chi connectivity index (χ0) is 7.68. The average molecular weight is 164 g/mol. The first-order chi connectivity index (χ1) is 5.42. The van der Waals surface area contributed by atoms with Crippen molar-refractivity contribution in [2.45, 2.75) is 0 Å². The Hall–Kier alpha value is -1.29. The van der Waals surface area contributed by atoms with Crippen molar-refractivity contribution in [3.8, 4) is 0 Å². The highest BCUT2D eigenvalue weighted by Crippen LogP contribution is 2.17. The summed E-state index contributed by atoms with van der Waals surface area (Å²) in [4.78, 5) is 10.5. The van der Waals surface area contributed by atoms with E-state index < -0.39 is 0 Å². The number of fused-ring (bicyclic) bond motifs is 1. The molecule has 0 bridgehead atoms. The molecule has 0 N–H and O–H groups in total. The molecule has 0 spiro atoms. The van der Waals surface area contributed by atoms with Crippen LogP contribution < -0.4 is 0 Å². The van der Waals surface area contributed by atoms with Gasteiger partial charge in [-0.15, -0.1) is 5.10 Å². The van der Waals surface area contributed by atoms with E-state index in [0.29, 0.717) is 11.1 Å². The monoisotopic (exact) mass is 164 g/mol. The van der Waals surface area contributed by atoms with Crippen molar-refractivity contribution in [2.75, 3.05) is 0 Å². The molecule has 0 aliphatic rings. The van der Waals surface area contributed by atoms with E-state index in [2.05, 4.69) is 9.59 Å². The molecule has 0 aliphatic carbocycles. The Kier molecular flexibility index (Phi) is 1.40. The van der Waals surface area contributed by atoms with Crippen LogP contribution in [0.25, 0.3) is 10.2 Å². The summed E-state index contributed by atoms with van der Waals surface area (Å²) in [5, 5.41) is 3.83. The fourth-order valence-electron chi connectivity index (χ4n) is 0.920. The zero-order valence-electron chi connectivity index (χ0n) is 5.52. The zero-order valence-corrected chi connectivity index (χ0v) is 6.34. The Bertz CT molecular complexity index is 396. The van der Waals surface area contributed by atoms with Gasteiger partial charge in [0.25, 0.3) is 0 Å². The van der Waals surface area contributed by atoms with Gasteiger partial charge in [-0.3, -0.25) is 4.79 Å². The van der Waals surface area contributed by atoms with E-state index in [1.165, 1.54) is 11.5 Å². The second-order valence-corrected chi connectivity index (χ2v) is 2.87. The molecule has 0 saturated heterocycles. The number of nitrogens with zero attached hydrogens (tertiary/aromatic N) is 2. The Morgan fingerprint density at radius 1 is 1.45 bits per heavy atom. The van der Waals surface area contributed by atoms with Gasteiger partial charge in [-0.25, -0.2) is 0 Å². The maximum atomic E-state index is 10.5. The third-order valence-corrected chi connectivity index (χ3v) is 2.13. The van der Waals surface area contributed by atoms with Crippen LogP contribution in [0.1, 0.15) is 10.4 Å². The van der Waals surface area contributed by atoms with Gasteiger partial charge in [-0.1, -0.05) is 10.6 Å². The van der Waals surface area contributed by atoms with Crippen LogP contribution in [0.3, 0.4) is 0 Å². The number of benzene rings is 1. The number of carbonyl (C=O) groups excluding carboxylic acids is 1. The van der Waals surface area contributed by atoms with E-state index in [1.54, 1.807) is 6.07 Å². The van der Waals surface area contributed by atoms with Crippen LogP contribution in [-0.4, -0.2) is 15.9 Å². The molecular formula is C7H4N2OS. The topological polar surface area (TPSA) is 42.9 Å². The lowest BCUT2D eigenvalue weighted by Gasteiger charge is -1.87. The van der Waals surface area contributed by atoms with Crippen LogP contribution in [0, 0.1) is 0 Å². The Morgan fingerprint density at radius 3 is 3.18 bits per heavy atom. The molecule has 0 aliphatic heterocycles. The minimum absolute atomic E-state index is 0.608. The summed E-state index contributed by atoms with van der Waals surface area (Å²) in [6, 6.07) is 5.45. The Morgan fingerprint density at radius 2 is 2.36 bits per heavy atom. The van der Waals surface area contributed by atoms with Gasteiger partial charge in [0.1, 0.15) is 5.52 Å². The Labute approximate surface area is 66.8 Å². The lowest BCUT2D eigenvalue weighted by molar-refractivity contribution is 0.112. The van der Waals surface area contributed by atoms with E-state index in [4.69, 9.17) is 0 Å². The van der Waals surface area contributed by atoms with Gasteiger partial charge in [-0.05, 0) is 23.7 Å². The van der Waals surface area contributed by atoms with Crippen LogP contribution in [0.4, 0.5) is 0 Å². The molecule has 1 heterocycles. The molecule has 4 heteroatoms. The number of aldehydes is 1. The first-order valence-corrected chi connectivity index (χ1v) is 3.85. The quantitative estimate of drug-likeness (QED) is 0.600. The van der Waals surface area contributed by atoms with Crippen LogP contribution in [0.5, 0.6) is 0 Å². The van der Waals surface area contributed by atoms with E-state index >= 15 is 0 Å². The standard InChI is InChI=1S/C7H4N2OS/c10-4-5-2-1-3-6-7(5)8-9-11-6/h1-4H.